The van der Waals surface area contributed by atoms with Crippen LogP contribution in [-0.2, 0) is 0 Å². The van der Waals surface area contributed by atoms with Crippen LogP contribution in [0.25, 0.3) is 0 Å². The second-order valence-corrected chi connectivity index (χ2v) is 5.32. The monoisotopic (exact) mass is 289 g/mol. The maximum Gasteiger partial charge on any atom is 0.0385 e. The summed E-state index contributed by atoms with van der Waals surface area (Å²) in [5, 5.41) is 6.73. The van der Waals surface area contributed by atoms with Gasteiger partial charge < -0.3 is 16.4 Å². The Labute approximate surface area is 130 Å². The molecule has 0 spiro atoms. The van der Waals surface area contributed by atoms with E-state index in [4.69, 9.17) is 5.73 Å². The zero-order valence-corrected chi connectivity index (χ0v) is 12.5. The Hall–Kier alpha value is -2.94. The van der Waals surface area contributed by atoms with Gasteiger partial charge in [0.2, 0.25) is 0 Å². The van der Waals surface area contributed by atoms with Crippen LogP contribution in [0.3, 0.4) is 0 Å². The standard InChI is InChI=1S/C19H19N3/c1-14-2-6-16(7-3-14)21-18-10-12-19(13-11-18)22-17-8-4-15(20)5-9-17/h2-13,21-22H,20H2,1H3. The third kappa shape index (κ3) is 3.58. The molecule has 0 unspecified atom stereocenters. The van der Waals surface area contributed by atoms with Gasteiger partial charge in [-0.25, -0.2) is 0 Å². The maximum atomic E-state index is 5.69. The Kier molecular flexibility index (Phi) is 3.97. The van der Waals surface area contributed by atoms with Gasteiger partial charge in [-0.3, -0.25) is 0 Å². The number of nitrogen functional groups attached to an aromatic ring is 1. The van der Waals surface area contributed by atoms with E-state index in [1.165, 1.54) is 5.56 Å². The second-order valence-electron chi connectivity index (χ2n) is 5.32. The molecule has 0 saturated heterocycles. The molecule has 0 atom stereocenters. The zero-order valence-electron chi connectivity index (χ0n) is 12.5. The molecule has 110 valence electrons. The molecule has 4 N–H and O–H groups in total. The first-order chi connectivity index (χ1) is 10.7. The molecule has 0 heterocycles. The van der Waals surface area contributed by atoms with Gasteiger partial charge in [-0.15, -0.1) is 0 Å². The third-order valence-electron chi connectivity index (χ3n) is 3.42. The molecule has 0 aliphatic heterocycles. The van der Waals surface area contributed by atoms with Crippen molar-refractivity contribution in [1.29, 1.82) is 0 Å². The van der Waals surface area contributed by atoms with Crippen LogP contribution in [0.1, 0.15) is 5.56 Å². The van der Waals surface area contributed by atoms with E-state index in [9.17, 15) is 0 Å². The van der Waals surface area contributed by atoms with E-state index >= 15 is 0 Å². The normalized spacial score (nSPS) is 10.2. The van der Waals surface area contributed by atoms with Crippen LogP contribution < -0.4 is 16.4 Å². The van der Waals surface area contributed by atoms with Crippen LogP contribution in [0, 0.1) is 6.92 Å². The smallest absolute Gasteiger partial charge is 0.0385 e. The molecule has 0 aliphatic rings. The highest BCUT2D eigenvalue weighted by atomic mass is 14.9. The van der Waals surface area contributed by atoms with Crippen molar-refractivity contribution in [1.82, 2.24) is 0 Å². The quantitative estimate of drug-likeness (QED) is 0.588. The lowest BCUT2D eigenvalue weighted by atomic mass is 10.2. The molecule has 3 aromatic rings. The van der Waals surface area contributed by atoms with Crippen molar-refractivity contribution in [3.05, 3.63) is 78.4 Å². The van der Waals surface area contributed by atoms with Gasteiger partial charge >= 0.3 is 0 Å². The molecule has 0 aliphatic carbocycles. The molecule has 0 fully saturated rings. The summed E-state index contributed by atoms with van der Waals surface area (Å²) in [6, 6.07) is 24.3. The first-order valence-electron chi connectivity index (χ1n) is 7.25. The fourth-order valence-electron chi connectivity index (χ4n) is 2.17. The predicted molar refractivity (Wildman–Crippen MR) is 95.0 cm³/mol. The molecular formula is C19H19N3. The van der Waals surface area contributed by atoms with E-state index in [1.54, 1.807) is 0 Å². The fraction of sp³-hybridized carbons (Fsp3) is 0.0526. The van der Waals surface area contributed by atoms with Crippen LogP contribution in [0.4, 0.5) is 28.4 Å². The summed E-state index contributed by atoms with van der Waals surface area (Å²) < 4.78 is 0. The highest BCUT2D eigenvalue weighted by Crippen LogP contribution is 2.22. The third-order valence-corrected chi connectivity index (χ3v) is 3.42. The topological polar surface area (TPSA) is 50.1 Å². The molecule has 3 aromatic carbocycles. The Morgan fingerprint density at radius 2 is 0.864 bits per heavy atom. The highest BCUT2D eigenvalue weighted by molar-refractivity contribution is 5.66. The summed E-state index contributed by atoms with van der Waals surface area (Å²) in [6.07, 6.45) is 0. The van der Waals surface area contributed by atoms with E-state index in [2.05, 4.69) is 54.0 Å². The summed E-state index contributed by atoms with van der Waals surface area (Å²) in [4.78, 5) is 0. The number of aryl methyl sites for hydroxylation is 1. The molecule has 0 aromatic heterocycles. The van der Waals surface area contributed by atoms with Crippen molar-refractivity contribution in [3.63, 3.8) is 0 Å². The van der Waals surface area contributed by atoms with Crippen molar-refractivity contribution in [2.45, 2.75) is 6.92 Å². The molecule has 22 heavy (non-hydrogen) atoms. The maximum absolute atomic E-state index is 5.69. The average molecular weight is 289 g/mol. The number of nitrogens with two attached hydrogens (primary N) is 1. The number of nitrogens with one attached hydrogen (secondary N) is 2. The number of hydrogen-bond acceptors (Lipinski definition) is 3. The first-order valence-corrected chi connectivity index (χ1v) is 7.25. The van der Waals surface area contributed by atoms with Gasteiger partial charge in [-0.2, -0.15) is 0 Å². The minimum absolute atomic E-state index is 0.767. The van der Waals surface area contributed by atoms with Gasteiger partial charge in [0.1, 0.15) is 0 Å². The summed E-state index contributed by atoms with van der Waals surface area (Å²) in [5.74, 6) is 0. The van der Waals surface area contributed by atoms with Crippen LogP contribution in [0.15, 0.2) is 72.8 Å². The molecule has 0 amide bonds. The number of hydrogen-bond donors (Lipinski definition) is 3. The highest BCUT2D eigenvalue weighted by Gasteiger charge is 1.97. The molecule has 0 bridgehead atoms. The summed E-state index contributed by atoms with van der Waals surface area (Å²) in [6.45, 7) is 2.08. The largest absolute Gasteiger partial charge is 0.399 e. The van der Waals surface area contributed by atoms with E-state index in [0.717, 1.165) is 28.4 Å². The van der Waals surface area contributed by atoms with Crippen molar-refractivity contribution in [2.75, 3.05) is 16.4 Å². The van der Waals surface area contributed by atoms with Crippen molar-refractivity contribution in [3.8, 4) is 0 Å². The minimum atomic E-state index is 0.767. The van der Waals surface area contributed by atoms with Crippen LogP contribution >= 0.6 is 0 Å². The Morgan fingerprint density at radius 3 is 1.27 bits per heavy atom. The lowest BCUT2D eigenvalue weighted by Gasteiger charge is -2.10. The minimum Gasteiger partial charge on any atom is -0.399 e. The van der Waals surface area contributed by atoms with Gasteiger partial charge in [0.25, 0.3) is 0 Å². The molecule has 3 nitrogen and oxygen atoms in total. The lowest BCUT2D eigenvalue weighted by molar-refractivity contribution is 1.45. The van der Waals surface area contributed by atoms with Crippen LogP contribution in [0.5, 0.6) is 0 Å². The molecule has 3 heteroatoms. The van der Waals surface area contributed by atoms with Gasteiger partial charge in [-0.1, -0.05) is 17.7 Å². The fourth-order valence-corrected chi connectivity index (χ4v) is 2.17. The Balaban J connectivity index is 1.67. The SMILES string of the molecule is Cc1ccc(Nc2ccc(Nc3ccc(N)cc3)cc2)cc1. The number of anilines is 5. The van der Waals surface area contributed by atoms with Crippen molar-refractivity contribution >= 4 is 28.4 Å². The van der Waals surface area contributed by atoms with Gasteiger partial charge in [-0.05, 0) is 67.6 Å². The number of rotatable bonds is 4. The first kappa shape index (κ1) is 14.0. The van der Waals surface area contributed by atoms with E-state index in [0.29, 0.717) is 0 Å². The molecule has 0 saturated carbocycles. The van der Waals surface area contributed by atoms with Crippen molar-refractivity contribution < 1.29 is 0 Å². The number of benzene rings is 3. The molecular weight excluding hydrogens is 270 g/mol. The zero-order chi connectivity index (χ0) is 15.4. The van der Waals surface area contributed by atoms with Gasteiger partial charge in [0, 0.05) is 28.4 Å². The second kappa shape index (κ2) is 6.22. The average Bonchev–Trinajstić information content (AvgIpc) is 2.54. The lowest BCUT2D eigenvalue weighted by Crippen LogP contribution is -1.93. The van der Waals surface area contributed by atoms with Gasteiger partial charge in [0.15, 0.2) is 0 Å². The van der Waals surface area contributed by atoms with Crippen LogP contribution in [0.2, 0.25) is 0 Å². The molecule has 0 radical (unpaired) electrons. The van der Waals surface area contributed by atoms with Crippen molar-refractivity contribution in [2.24, 2.45) is 0 Å². The van der Waals surface area contributed by atoms with E-state index in [-0.39, 0.29) is 0 Å². The van der Waals surface area contributed by atoms with E-state index < -0.39 is 0 Å². The summed E-state index contributed by atoms with van der Waals surface area (Å²) >= 11 is 0. The molecule has 3 rings (SSSR count). The Morgan fingerprint density at radius 1 is 0.545 bits per heavy atom. The van der Waals surface area contributed by atoms with E-state index in [1.807, 2.05) is 36.4 Å². The van der Waals surface area contributed by atoms with Gasteiger partial charge in [0.05, 0.1) is 0 Å². The summed E-state index contributed by atoms with van der Waals surface area (Å²) in [5.41, 5.74) is 11.9. The summed E-state index contributed by atoms with van der Waals surface area (Å²) in [7, 11) is 0. The Bertz CT molecular complexity index is 663. The van der Waals surface area contributed by atoms with Crippen LogP contribution in [-0.4, -0.2) is 0 Å². The predicted octanol–water partition coefficient (Wildman–Crippen LogP) is 5.06.